The molecule has 3 atom stereocenters. The summed E-state index contributed by atoms with van der Waals surface area (Å²) in [5.74, 6) is 3.11. The molecule has 0 N–H and O–H groups in total. The summed E-state index contributed by atoms with van der Waals surface area (Å²) in [6, 6.07) is 132. The molecule has 582 valence electrons. The Bertz CT molecular complexity index is 7620. The molecule has 5 aliphatic carbocycles. The van der Waals surface area contributed by atoms with Crippen molar-refractivity contribution in [2.45, 2.75) is 29.1 Å². The first-order chi connectivity index (χ1) is 60.6. The molecule has 17 aromatic carbocycles. The van der Waals surface area contributed by atoms with E-state index in [-0.39, 0.29) is 11.6 Å². The van der Waals surface area contributed by atoms with Crippen LogP contribution in [-0.4, -0.2) is 0 Å². The highest BCUT2D eigenvalue weighted by Crippen LogP contribution is 2.66. The summed E-state index contributed by atoms with van der Waals surface area (Å²) in [5, 5.41) is 3.04. The highest BCUT2D eigenvalue weighted by atomic mass is 19.1. The number of rotatable bonds is 16. The fourth-order valence-corrected chi connectivity index (χ4v) is 21.2. The van der Waals surface area contributed by atoms with Gasteiger partial charge in [-0.25, -0.2) is 8.78 Å². The Morgan fingerprint density at radius 1 is 0.301 bits per heavy atom. The van der Waals surface area contributed by atoms with E-state index in [2.05, 4.69) is 284 Å². The first-order valence-electron chi connectivity index (χ1n) is 41.9. The maximum Gasteiger partial charge on any atom is 0.159 e. The minimum Gasteiger partial charge on any atom is -0.458 e. The number of benzene rings is 17. The van der Waals surface area contributed by atoms with Gasteiger partial charge in [-0.15, -0.1) is 0 Å². The Labute approximate surface area is 710 Å². The third-order valence-electron chi connectivity index (χ3n) is 26.5. The van der Waals surface area contributed by atoms with E-state index in [1.807, 2.05) is 115 Å². The fourth-order valence-electron chi connectivity index (χ4n) is 21.2. The number of aryl methyl sites for hydroxylation is 1. The van der Waals surface area contributed by atoms with Crippen LogP contribution in [0.3, 0.4) is 0 Å². The highest BCUT2D eigenvalue weighted by molar-refractivity contribution is 6.11. The number of hydrogen-bond donors (Lipinski definition) is 0. The smallest absolute Gasteiger partial charge is 0.159 e. The van der Waals surface area contributed by atoms with Crippen LogP contribution in [0.5, 0.6) is 23.0 Å². The van der Waals surface area contributed by atoms with Crippen molar-refractivity contribution in [3.05, 3.63) is 496 Å². The zero-order valence-electron chi connectivity index (χ0n) is 66.7. The van der Waals surface area contributed by atoms with Crippen LogP contribution in [0.1, 0.15) is 95.6 Å². The third kappa shape index (κ3) is 10.6. The van der Waals surface area contributed by atoms with Gasteiger partial charge in [0.05, 0.1) is 27.6 Å². The topological polar surface area (TPSA) is 51.2 Å². The van der Waals surface area contributed by atoms with Gasteiger partial charge in [-0.2, -0.15) is 0 Å². The molecular weight excluding hydrogens is 1510 g/mol. The van der Waals surface area contributed by atoms with Gasteiger partial charge in [-0.3, -0.25) is 0 Å². The van der Waals surface area contributed by atoms with E-state index < -0.39 is 16.2 Å². The quantitative estimate of drug-likeness (QED) is 0.0961. The van der Waals surface area contributed by atoms with Crippen LogP contribution in [-0.2, 0) is 22.7 Å². The Morgan fingerprint density at radius 3 is 1.05 bits per heavy atom. The number of allylic oxidation sites excluding steroid dienone is 1. The highest BCUT2D eigenvalue weighted by Gasteiger charge is 2.54. The van der Waals surface area contributed by atoms with Gasteiger partial charge in [0, 0.05) is 50.9 Å². The molecule has 0 saturated carbocycles. The number of fused-ring (bicyclic) bond motifs is 22. The second-order valence-electron chi connectivity index (χ2n) is 32.6. The summed E-state index contributed by atoms with van der Waals surface area (Å²) >= 11 is 0. The van der Waals surface area contributed by atoms with Gasteiger partial charge in [-0.1, -0.05) is 274 Å². The molecule has 6 nitrogen and oxygen atoms in total. The number of anilines is 6. The van der Waals surface area contributed by atoms with E-state index in [0.717, 1.165) is 202 Å². The van der Waals surface area contributed by atoms with Crippen molar-refractivity contribution in [2.24, 2.45) is 0 Å². The maximum absolute atomic E-state index is 15.7. The summed E-state index contributed by atoms with van der Waals surface area (Å²) < 4.78 is 59.0. The standard InChI is InChI=1S/C115H74F2N2O4/c1-3-71-35-55-83(56-36-71)120-85-59-43-75(44-60-85)113(73-39-47-77(116)48-40-73)99-27-11-5-19-87(99)91-63-51-79(67-103(91)113)118(107-31-17-25-97-95-23-9-15-33-109(95)122-111(97)107)81-53-65-93-89-21-7-13-29-101(89)115(105(93)69-81)102-30-14-8-22-90(102)94-66-54-82(70-106(94)115)119(108-32-18-26-98-96-24-10-16-34-110(96)123-112(98)108)80-52-64-92-88-20-6-12-28-100(88)114(104(92)68-80,74-41-49-78(117)50-42-74)76-45-61-86(62-46-76)121-84-57-37-72(4-2)38-58-84/h3-15,17-33,35-70H,1-2,16,34H2. The second kappa shape index (κ2) is 27.7. The third-order valence-corrected chi connectivity index (χ3v) is 26.5. The number of nitrogens with zero attached hydrogens (tertiary/aromatic N) is 2. The first kappa shape index (κ1) is 71.5. The molecule has 5 aliphatic rings. The van der Waals surface area contributed by atoms with E-state index in [4.69, 9.17) is 18.3 Å². The van der Waals surface area contributed by atoms with Crippen molar-refractivity contribution in [3.63, 3.8) is 0 Å². The van der Waals surface area contributed by atoms with Crippen molar-refractivity contribution in [1.82, 2.24) is 0 Å². The normalized spacial score (nSPS) is 16.3. The van der Waals surface area contributed by atoms with Crippen LogP contribution in [0.2, 0.25) is 0 Å². The van der Waals surface area contributed by atoms with E-state index in [9.17, 15) is 0 Å². The van der Waals surface area contributed by atoms with Crippen LogP contribution in [0.15, 0.2) is 404 Å². The van der Waals surface area contributed by atoms with Gasteiger partial charge in [0.2, 0.25) is 0 Å². The number of furan rings is 2. The molecule has 0 amide bonds. The average molecular weight is 1590 g/mol. The van der Waals surface area contributed by atoms with Crippen LogP contribution in [0.25, 0.3) is 95.6 Å². The molecule has 0 fully saturated rings. The van der Waals surface area contributed by atoms with Crippen molar-refractivity contribution in [2.75, 3.05) is 9.80 Å². The summed E-state index contributed by atoms with van der Waals surface area (Å²) in [7, 11) is 0. The molecule has 24 rings (SSSR count). The van der Waals surface area contributed by atoms with E-state index >= 15 is 8.78 Å². The van der Waals surface area contributed by atoms with Gasteiger partial charge in [0.1, 0.15) is 46.0 Å². The fraction of sp³-hybridized carbons (Fsp3) is 0.0435. The van der Waals surface area contributed by atoms with Gasteiger partial charge in [0.15, 0.2) is 11.2 Å². The van der Waals surface area contributed by atoms with E-state index in [0.29, 0.717) is 23.0 Å². The number of hydrogen-bond acceptors (Lipinski definition) is 6. The predicted octanol–water partition coefficient (Wildman–Crippen LogP) is 30.4. The Kier molecular flexibility index (Phi) is 16.1. The van der Waals surface area contributed by atoms with Crippen molar-refractivity contribution in [3.8, 4) is 67.5 Å². The second-order valence-corrected chi connectivity index (χ2v) is 32.6. The molecule has 2 aromatic heterocycles. The lowest BCUT2D eigenvalue weighted by Gasteiger charge is -2.35. The zero-order chi connectivity index (χ0) is 81.8. The van der Waals surface area contributed by atoms with Crippen molar-refractivity contribution >= 4 is 85.3 Å². The molecule has 123 heavy (non-hydrogen) atoms. The van der Waals surface area contributed by atoms with Crippen LogP contribution in [0, 0.1) is 11.6 Å². The first-order valence-corrected chi connectivity index (χ1v) is 41.9. The molecule has 8 heteroatoms. The van der Waals surface area contributed by atoms with Crippen LogP contribution >= 0.6 is 0 Å². The number of halogens is 2. The van der Waals surface area contributed by atoms with Gasteiger partial charge in [-0.05, 0) is 268 Å². The van der Waals surface area contributed by atoms with Crippen molar-refractivity contribution < 1.29 is 27.1 Å². The lowest BCUT2D eigenvalue weighted by molar-refractivity contribution is 0.482. The molecule has 1 spiro atoms. The lowest BCUT2D eigenvalue weighted by Crippen LogP contribution is -2.29. The monoisotopic (exact) mass is 1580 g/mol. The van der Waals surface area contributed by atoms with E-state index in [1.54, 1.807) is 24.3 Å². The molecule has 0 aliphatic heterocycles. The molecule has 2 heterocycles. The number of para-hydroxylation sites is 3. The molecule has 19 aromatic rings. The SMILES string of the molecule is C=Cc1ccc(Oc2ccc(C3(c4ccc(F)cc4)c4ccccc4-c4ccc(N(c5ccc6c(c5)C5(c7ccccc7-6)c6ccccc6-c6ccc(N(c7ccc8c(c7)C(c7ccc(F)cc7)(c7ccc(Oc9ccc(C=C)cc9)cc7)c7ccccc7-8)c7cccc8c7oc7ccccc78)cc65)c5cccc6c7c(oc56)CCC=C7)cc43)cc2)cc1. The summed E-state index contributed by atoms with van der Waals surface area (Å²) in [6.45, 7) is 7.92. The summed E-state index contributed by atoms with van der Waals surface area (Å²) in [4.78, 5) is 4.82. The minimum atomic E-state index is -0.957. The average Bonchev–Trinajstić information content (AvgIpc) is 1.55. The molecule has 0 saturated heterocycles. The Morgan fingerprint density at radius 2 is 0.634 bits per heavy atom. The molecule has 0 radical (unpaired) electrons. The molecular formula is C115H74F2N2O4. The zero-order valence-corrected chi connectivity index (χ0v) is 66.7. The van der Waals surface area contributed by atoms with Crippen LogP contribution < -0.4 is 19.3 Å². The maximum atomic E-state index is 15.7. The lowest BCUT2D eigenvalue weighted by atomic mass is 9.67. The van der Waals surface area contributed by atoms with Gasteiger partial charge >= 0.3 is 0 Å². The summed E-state index contributed by atoms with van der Waals surface area (Å²) in [5.41, 5.74) is 29.5. The Balaban J connectivity index is 0.721. The molecule has 3 unspecified atom stereocenters. The largest absolute Gasteiger partial charge is 0.458 e. The van der Waals surface area contributed by atoms with Gasteiger partial charge < -0.3 is 28.1 Å². The Hall–Kier alpha value is -15.6. The minimum absolute atomic E-state index is 0.317. The predicted molar refractivity (Wildman–Crippen MR) is 494 cm³/mol. The summed E-state index contributed by atoms with van der Waals surface area (Å²) in [6.07, 6.45) is 9.78. The van der Waals surface area contributed by atoms with Crippen molar-refractivity contribution in [1.29, 1.82) is 0 Å². The van der Waals surface area contributed by atoms with E-state index in [1.165, 1.54) is 11.1 Å². The van der Waals surface area contributed by atoms with Crippen LogP contribution in [0.4, 0.5) is 42.9 Å². The molecule has 0 bridgehead atoms. The van der Waals surface area contributed by atoms with Gasteiger partial charge in [0.25, 0.3) is 0 Å². The number of ether oxygens (including phenoxy) is 2.